The summed E-state index contributed by atoms with van der Waals surface area (Å²) in [6.07, 6.45) is -0.526. The number of hydrogen-bond acceptors (Lipinski definition) is 4. The molecule has 5 heteroatoms. The molecule has 1 fully saturated rings. The van der Waals surface area contributed by atoms with Gasteiger partial charge in [-0.05, 0) is 47.9 Å². The minimum absolute atomic E-state index is 0.163. The van der Waals surface area contributed by atoms with Crippen LogP contribution in [0.2, 0.25) is 0 Å². The van der Waals surface area contributed by atoms with E-state index in [4.69, 9.17) is 9.47 Å². The van der Waals surface area contributed by atoms with Gasteiger partial charge in [0.05, 0.1) is 19.8 Å². The third-order valence-electron chi connectivity index (χ3n) is 4.01. The summed E-state index contributed by atoms with van der Waals surface area (Å²) in [4.78, 5) is 14.4. The van der Waals surface area contributed by atoms with Gasteiger partial charge in [-0.2, -0.15) is 0 Å². The van der Waals surface area contributed by atoms with Gasteiger partial charge in [0, 0.05) is 15.5 Å². The fourth-order valence-electron chi connectivity index (χ4n) is 2.53. The van der Waals surface area contributed by atoms with Gasteiger partial charge < -0.3 is 14.8 Å². The van der Waals surface area contributed by atoms with Gasteiger partial charge >= 0.3 is 0 Å². The first-order chi connectivity index (χ1) is 12.1. The molecule has 1 aliphatic heterocycles. The Hall–Kier alpha value is -1.82. The number of ether oxygens (including phenoxy) is 2. The largest absolute Gasteiger partial charge is 0.376 e. The van der Waals surface area contributed by atoms with Crippen LogP contribution in [0.1, 0.15) is 25.3 Å². The van der Waals surface area contributed by atoms with E-state index in [9.17, 15) is 4.79 Å². The third kappa shape index (κ3) is 5.08. The van der Waals surface area contributed by atoms with Crippen molar-refractivity contribution in [1.82, 2.24) is 0 Å². The summed E-state index contributed by atoms with van der Waals surface area (Å²) in [6, 6.07) is 16.5. The molecule has 1 unspecified atom stereocenters. The zero-order valence-corrected chi connectivity index (χ0v) is 15.3. The lowest BCUT2D eigenvalue weighted by Crippen LogP contribution is -2.39. The van der Waals surface area contributed by atoms with E-state index in [0.29, 0.717) is 25.7 Å². The maximum Gasteiger partial charge on any atom is 0.255 e. The second-order valence-corrected chi connectivity index (χ2v) is 7.42. The zero-order valence-electron chi connectivity index (χ0n) is 14.5. The molecule has 4 nitrogen and oxygen atoms in total. The average Bonchev–Trinajstić information content (AvgIpc) is 2.64. The fourth-order valence-corrected chi connectivity index (χ4v) is 3.34. The van der Waals surface area contributed by atoms with E-state index < -0.39 is 6.10 Å². The predicted molar refractivity (Wildman–Crippen MR) is 100 cm³/mol. The Morgan fingerprint density at radius 3 is 2.24 bits per heavy atom. The SMILES string of the molecule is CC(C)c1ccc(Sc2ccc(NC(=O)C3COCCO3)cc2)cc1. The smallest absolute Gasteiger partial charge is 0.255 e. The number of carbonyl (C=O) groups is 1. The van der Waals surface area contributed by atoms with Crippen LogP contribution in [0.5, 0.6) is 0 Å². The van der Waals surface area contributed by atoms with Crippen LogP contribution in [-0.2, 0) is 14.3 Å². The van der Waals surface area contributed by atoms with Crippen LogP contribution in [0, 0.1) is 0 Å². The summed E-state index contributed by atoms with van der Waals surface area (Å²) in [6.45, 7) is 5.71. The summed E-state index contributed by atoms with van der Waals surface area (Å²) in [5.74, 6) is 0.380. The van der Waals surface area contributed by atoms with Crippen molar-refractivity contribution >= 4 is 23.4 Å². The first-order valence-corrected chi connectivity index (χ1v) is 9.31. The molecule has 1 heterocycles. The summed E-state index contributed by atoms with van der Waals surface area (Å²) >= 11 is 1.71. The van der Waals surface area contributed by atoms with Crippen molar-refractivity contribution in [2.75, 3.05) is 25.1 Å². The summed E-state index contributed by atoms with van der Waals surface area (Å²) in [5.41, 5.74) is 2.11. The van der Waals surface area contributed by atoms with Crippen LogP contribution in [0.15, 0.2) is 58.3 Å². The molecule has 1 aliphatic rings. The molecule has 0 aromatic heterocycles. The molecule has 0 aliphatic carbocycles. The zero-order chi connectivity index (χ0) is 17.6. The number of rotatable bonds is 5. The summed E-state index contributed by atoms with van der Waals surface area (Å²) < 4.78 is 10.7. The van der Waals surface area contributed by atoms with Gasteiger partial charge in [0.2, 0.25) is 0 Å². The minimum atomic E-state index is -0.526. The Bertz CT molecular complexity index is 692. The van der Waals surface area contributed by atoms with Crippen LogP contribution in [0.3, 0.4) is 0 Å². The van der Waals surface area contributed by atoms with Gasteiger partial charge in [0.1, 0.15) is 0 Å². The van der Waals surface area contributed by atoms with Gasteiger partial charge in [-0.1, -0.05) is 37.7 Å². The van der Waals surface area contributed by atoms with Crippen molar-refractivity contribution < 1.29 is 14.3 Å². The second kappa shape index (κ2) is 8.52. The molecular weight excluding hydrogens is 334 g/mol. The molecule has 3 rings (SSSR count). The van der Waals surface area contributed by atoms with Crippen molar-refractivity contribution in [3.05, 3.63) is 54.1 Å². The molecule has 2 aromatic rings. The first-order valence-electron chi connectivity index (χ1n) is 8.50. The van der Waals surface area contributed by atoms with E-state index in [-0.39, 0.29) is 5.91 Å². The fraction of sp³-hybridized carbons (Fsp3) is 0.350. The standard InChI is InChI=1S/C20H23NO3S/c1-14(2)15-3-7-17(8-4-15)25-18-9-5-16(6-10-18)21-20(22)19-13-23-11-12-24-19/h3-10,14,19H,11-13H2,1-2H3,(H,21,22). The Labute approximate surface area is 152 Å². The average molecular weight is 357 g/mol. The molecule has 1 N–H and O–H groups in total. The van der Waals surface area contributed by atoms with Crippen molar-refractivity contribution in [3.8, 4) is 0 Å². The number of amides is 1. The van der Waals surface area contributed by atoms with Gasteiger partial charge in [-0.25, -0.2) is 0 Å². The lowest BCUT2D eigenvalue weighted by atomic mass is 10.0. The number of nitrogens with one attached hydrogen (secondary N) is 1. The normalized spacial score (nSPS) is 17.5. The van der Waals surface area contributed by atoms with Crippen LogP contribution in [-0.4, -0.2) is 31.8 Å². The molecular formula is C20H23NO3S. The quantitative estimate of drug-likeness (QED) is 0.866. The molecule has 1 saturated heterocycles. The van der Waals surface area contributed by atoms with Gasteiger partial charge in [-0.15, -0.1) is 0 Å². The van der Waals surface area contributed by atoms with E-state index in [2.05, 4.69) is 43.4 Å². The van der Waals surface area contributed by atoms with Crippen molar-refractivity contribution in [2.24, 2.45) is 0 Å². The molecule has 0 spiro atoms. The van der Waals surface area contributed by atoms with E-state index >= 15 is 0 Å². The first kappa shape index (κ1) is 18.0. The number of hydrogen-bond donors (Lipinski definition) is 1. The Kier molecular flexibility index (Phi) is 6.13. The maximum absolute atomic E-state index is 12.1. The third-order valence-corrected chi connectivity index (χ3v) is 5.03. The van der Waals surface area contributed by atoms with E-state index in [0.717, 1.165) is 10.6 Å². The molecule has 1 atom stereocenters. The number of carbonyl (C=O) groups excluding carboxylic acids is 1. The highest BCUT2D eigenvalue weighted by Crippen LogP contribution is 2.29. The van der Waals surface area contributed by atoms with E-state index in [1.54, 1.807) is 11.8 Å². The molecule has 1 amide bonds. The molecule has 0 bridgehead atoms. The van der Waals surface area contributed by atoms with Crippen LogP contribution in [0.4, 0.5) is 5.69 Å². The van der Waals surface area contributed by atoms with Crippen molar-refractivity contribution in [1.29, 1.82) is 0 Å². The molecule has 25 heavy (non-hydrogen) atoms. The number of anilines is 1. The Morgan fingerprint density at radius 2 is 1.68 bits per heavy atom. The lowest BCUT2D eigenvalue weighted by Gasteiger charge is -2.22. The van der Waals surface area contributed by atoms with Crippen molar-refractivity contribution in [3.63, 3.8) is 0 Å². The van der Waals surface area contributed by atoms with Gasteiger partial charge in [0.15, 0.2) is 6.10 Å². The summed E-state index contributed by atoms with van der Waals surface area (Å²) in [5, 5.41) is 2.87. The van der Waals surface area contributed by atoms with Crippen LogP contribution in [0.25, 0.3) is 0 Å². The monoisotopic (exact) mass is 357 g/mol. The highest BCUT2D eigenvalue weighted by Gasteiger charge is 2.22. The Morgan fingerprint density at radius 1 is 1.04 bits per heavy atom. The minimum Gasteiger partial charge on any atom is -0.376 e. The highest BCUT2D eigenvalue weighted by molar-refractivity contribution is 7.99. The highest BCUT2D eigenvalue weighted by atomic mass is 32.2. The maximum atomic E-state index is 12.1. The molecule has 132 valence electrons. The topological polar surface area (TPSA) is 47.6 Å². The molecule has 0 radical (unpaired) electrons. The second-order valence-electron chi connectivity index (χ2n) is 6.27. The lowest BCUT2D eigenvalue weighted by molar-refractivity contribution is -0.142. The summed E-state index contributed by atoms with van der Waals surface area (Å²) in [7, 11) is 0. The number of benzene rings is 2. The van der Waals surface area contributed by atoms with E-state index in [1.165, 1.54) is 10.5 Å². The van der Waals surface area contributed by atoms with Crippen LogP contribution >= 0.6 is 11.8 Å². The Balaban J connectivity index is 1.57. The van der Waals surface area contributed by atoms with Crippen LogP contribution < -0.4 is 5.32 Å². The van der Waals surface area contributed by atoms with Gasteiger partial charge in [0.25, 0.3) is 5.91 Å². The molecule has 2 aromatic carbocycles. The van der Waals surface area contributed by atoms with E-state index in [1.807, 2.05) is 24.3 Å². The predicted octanol–water partition coefficient (Wildman–Crippen LogP) is 4.32. The molecule has 0 saturated carbocycles. The van der Waals surface area contributed by atoms with Crippen molar-refractivity contribution in [2.45, 2.75) is 35.7 Å². The van der Waals surface area contributed by atoms with Gasteiger partial charge in [-0.3, -0.25) is 4.79 Å².